The molecule has 6 heteroatoms. The standard InChI is InChI=1S/C22H28ClNO4/c1-22(2,3)28-21(26)24-19(20(25)14-23)13-16-9-11-18(12-10-16)27-15-17-7-5-4-6-8-17/h4-12,19-20,25H,13-15H2,1-3H3,(H,24,26). The van der Waals surface area contributed by atoms with E-state index in [0.717, 1.165) is 16.9 Å². The molecule has 152 valence electrons. The number of benzene rings is 2. The number of aliphatic hydroxyl groups is 1. The number of alkyl carbamates (subject to hydrolysis) is 1. The number of ether oxygens (including phenoxy) is 2. The fourth-order valence-electron chi connectivity index (χ4n) is 2.57. The Morgan fingerprint density at radius 3 is 2.29 bits per heavy atom. The molecule has 1 amide bonds. The van der Waals surface area contributed by atoms with E-state index < -0.39 is 23.8 Å². The van der Waals surface area contributed by atoms with Crippen LogP contribution in [0.1, 0.15) is 31.9 Å². The van der Waals surface area contributed by atoms with Gasteiger partial charge in [0, 0.05) is 0 Å². The first-order valence-electron chi connectivity index (χ1n) is 9.26. The molecule has 0 saturated carbocycles. The Balaban J connectivity index is 1.95. The van der Waals surface area contributed by atoms with Crippen molar-refractivity contribution in [2.45, 2.75) is 51.5 Å². The summed E-state index contributed by atoms with van der Waals surface area (Å²) >= 11 is 5.79. The van der Waals surface area contributed by atoms with Crippen LogP contribution in [0.4, 0.5) is 4.79 Å². The number of carbonyl (C=O) groups excluding carboxylic acids is 1. The van der Waals surface area contributed by atoms with Crippen LogP contribution in [0.5, 0.6) is 5.75 Å². The molecule has 2 rings (SSSR count). The molecular formula is C22H28ClNO4. The van der Waals surface area contributed by atoms with Crippen molar-refractivity contribution >= 4 is 17.7 Å². The van der Waals surface area contributed by atoms with Gasteiger partial charge in [0.05, 0.1) is 18.0 Å². The van der Waals surface area contributed by atoms with Crippen molar-refractivity contribution in [3.05, 3.63) is 65.7 Å². The van der Waals surface area contributed by atoms with Gasteiger partial charge in [-0.3, -0.25) is 0 Å². The average Bonchev–Trinajstić information content (AvgIpc) is 2.65. The second kappa shape index (κ2) is 10.3. The highest BCUT2D eigenvalue weighted by Crippen LogP contribution is 2.17. The van der Waals surface area contributed by atoms with Crippen LogP contribution >= 0.6 is 11.6 Å². The summed E-state index contributed by atoms with van der Waals surface area (Å²) in [5, 5.41) is 12.9. The Labute approximate surface area is 171 Å². The third-order valence-corrected chi connectivity index (χ3v) is 4.27. The fraction of sp³-hybridized carbons (Fsp3) is 0.409. The number of hydrogen-bond donors (Lipinski definition) is 2. The molecule has 2 N–H and O–H groups in total. The Bertz CT molecular complexity index is 728. The van der Waals surface area contributed by atoms with Gasteiger partial charge in [0.2, 0.25) is 0 Å². The third-order valence-electron chi connectivity index (χ3n) is 3.95. The summed E-state index contributed by atoms with van der Waals surface area (Å²) in [6, 6.07) is 16.9. The maximum atomic E-state index is 12.0. The van der Waals surface area contributed by atoms with Crippen molar-refractivity contribution < 1.29 is 19.4 Å². The minimum Gasteiger partial charge on any atom is -0.489 e. The summed E-state index contributed by atoms with van der Waals surface area (Å²) in [6.45, 7) is 5.85. The van der Waals surface area contributed by atoms with Gasteiger partial charge in [0.15, 0.2) is 0 Å². The van der Waals surface area contributed by atoms with E-state index in [9.17, 15) is 9.90 Å². The van der Waals surface area contributed by atoms with E-state index in [-0.39, 0.29) is 5.88 Å². The minimum absolute atomic E-state index is 0.0126. The first-order valence-corrected chi connectivity index (χ1v) is 9.79. The number of rotatable bonds is 8. The zero-order valence-electron chi connectivity index (χ0n) is 16.5. The van der Waals surface area contributed by atoms with E-state index >= 15 is 0 Å². The maximum Gasteiger partial charge on any atom is 0.407 e. The van der Waals surface area contributed by atoms with E-state index in [4.69, 9.17) is 21.1 Å². The number of aliphatic hydroxyl groups excluding tert-OH is 1. The number of halogens is 1. The van der Waals surface area contributed by atoms with Crippen molar-refractivity contribution in [3.8, 4) is 5.75 Å². The second-order valence-corrected chi connectivity index (χ2v) is 7.91. The lowest BCUT2D eigenvalue weighted by molar-refractivity contribution is 0.0440. The molecule has 0 fully saturated rings. The van der Waals surface area contributed by atoms with Crippen LogP contribution in [0.3, 0.4) is 0 Å². The number of hydrogen-bond acceptors (Lipinski definition) is 4. The predicted octanol–water partition coefficient (Wildman–Crippen LogP) is 4.30. The molecule has 2 aromatic carbocycles. The van der Waals surface area contributed by atoms with E-state index in [1.807, 2.05) is 54.6 Å². The zero-order chi connectivity index (χ0) is 20.6. The third kappa shape index (κ3) is 7.79. The molecule has 0 aliphatic heterocycles. The van der Waals surface area contributed by atoms with Gasteiger partial charge in [0.1, 0.15) is 18.0 Å². The highest BCUT2D eigenvalue weighted by Gasteiger charge is 2.24. The largest absolute Gasteiger partial charge is 0.489 e. The van der Waals surface area contributed by atoms with Crippen molar-refractivity contribution in [1.82, 2.24) is 5.32 Å². The first kappa shape index (κ1) is 22.1. The molecule has 2 atom stereocenters. The van der Waals surface area contributed by atoms with Crippen LogP contribution in [0.25, 0.3) is 0 Å². The van der Waals surface area contributed by atoms with Crippen LogP contribution in [-0.4, -0.2) is 34.8 Å². The topological polar surface area (TPSA) is 67.8 Å². The number of nitrogens with one attached hydrogen (secondary N) is 1. The van der Waals surface area contributed by atoms with E-state index in [1.54, 1.807) is 20.8 Å². The predicted molar refractivity (Wildman–Crippen MR) is 111 cm³/mol. The lowest BCUT2D eigenvalue weighted by Gasteiger charge is -2.26. The fourth-order valence-corrected chi connectivity index (χ4v) is 2.78. The SMILES string of the molecule is CC(C)(C)OC(=O)NC(Cc1ccc(OCc2ccccc2)cc1)C(O)CCl. The maximum absolute atomic E-state index is 12.0. The second-order valence-electron chi connectivity index (χ2n) is 7.60. The van der Waals surface area contributed by atoms with Crippen LogP contribution < -0.4 is 10.1 Å². The summed E-state index contributed by atoms with van der Waals surface area (Å²) in [6.07, 6.45) is -1.04. The lowest BCUT2D eigenvalue weighted by atomic mass is 10.0. The summed E-state index contributed by atoms with van der Waals surface area (Å²) in [7, 11) is 0. The average molecular weight is 406 g/mol. The molecule has 5 nitrogen and oxygen atoms in total. The van der Waals surface area contributed by atoms with Gasteiger partial charge in [0.25, 0.3) is 0 Å². The van der Waals surface area contributed by atoms with Crippen molar-refractivity contribution in [2.24, 2.45) is 0 Å². The Morgan fingerprint density at radius 2 is 1.71 bits per heavy atom. The van der Waals surface area contributed by atoms with E-state index in [2.05, 4.69) is 5.32 Å². The van der Waals surface area contributed by atoms with Crippen LogP contribution in [0, 0.1) is 0 Å². The van der Waals surface area contributed by atoms with Gasteiger partial charge in [-0.25, -0.2) is 4.79 Å². The molecule has 2 unspecified atom stereocenters. The van der Waals surface area contributed by atoms with Gasteiger partial charge in [-0.1, -0.05) is 42.5 Å². The minimum atomic E-state index is -0.886. The Kier molecular flexibility index (Phi) is 8.15. The van der Waals surface area contributed by atoms with Gasteiger partial charge in [-0.2, -0.15) is 0 Å². The molecule has 0 aromatic heterocycles. The summed E-state index contributed by atoms with van der Waals surface area (Å²) in [5.41, 5.74) is 1.42. The van der Waals surface area contributed by atoms with Crippen LogP contribution in [-0.2, 0) is 17.8 Å². The van der Waals surface area contributed by atoms with Crippen molar-refractivity contribution in [3.63, 3.8) is 0 Å². The summed E-state index contributed by atoms with van der Waals surface area (Å²) < 4.78 is 11.0. The normalized spacial score (nSPS) is 13.5. The number of amides is 1. The Hall–Kier alpha value is -2.24. The molecule has 28 heavy (non-hydrogen) atoms. The molecule has 0 saturated heterocycles. The Morgan fingerprint density at radius 1 is 1.07 bits per heavy atom. The quantitative estimate of drug-likeness (QED) is 0.642. The van der Waals surface area contributed by atoms with Crippen molar-refractivity contribution in [1.29, 1.82) is 0 Å². The molecule has 0 aliphatic rings. The van der Waals surface area contributed by atoms with Crippen molar-refractivity contribution in [2.75, 3.05) is 5.88 Å². The zero-order valence-corrected chi connectivity index (χ0v) is 17.3. The molecule has 0 spiro atoms. The molecule has 0 aliphatic carbocycles. The van der Waals surface area contributed by atoms with Crippen LogP contribution in [0.15, 0.2) is 54.6 Å². The molecule has 2 aromatic rings. The molecule has 0 heterocycles. The first-order chi connectivity index (χ1) is 13.3. The van der Waals surface area contributed by atoms with E-state index in [1.165, 1.54) is 0 Å². The lowest BCUT2D eigenvalue weighted by Crippen LogP contribution is -2.47. The molecule has 0 radical (unpaired) electrons. The van der Waals surface area contributed by atoms with Crippen LogP contribution in [0.2, 0.25) is 0 Å². The highest BCUT2D eigenvalue weighted by molar-refractivity contribution is 6.18. The molecular weight excluding hydrogens is 378 g/mol. The number of alkyl halides is 1. The van der Waals surface area contributed by atoms with Gasteiger partial charge in [-0.15, -0.1) is 11.6 Å². The summed E-state index contributed by atoms with van der Waals surface area (Å²) in [4.78, 5) is 12.0. The van der Waals surface area contributed by atoms with E-state index in [0.29, 0.717) is 13.0 Å². The van der Waals surface area contributed by atoms with Gasteiger partial charge in [-0.05, 0) is 50.5 Å². The number of carbonyl (C=O) groups is 1. The smallest absolute Gasteiger partial charge is 0.407 e. The van der Waals surface area contributed by atoms with Gasteiger partial charge >= 0.3 is 6.09 Å². The highest BCUT2D eigenvalue weighted by atomic mass is 35.5. The van der Waals surface area contributed by atoms with Gasteiger partial charge < -0.3 is 19.9 Å². The molecule has 0 bridgehead atoms. The summed E-state index contributed by atoms with van der Waals surface area (Å²) in [5.74, 6) is 0.765. The monoisotopic (exact) mass is 405 g/mol.